The highest BCUT2D eigenvalue weighted by Gasteiger charge is 2.28. The van der Waals surface area contributed by atoms with Gasteiger partial charge in [0.1, 0.15) is 5.75 Å². The molecule has 76 valence electrons. The van der Waals surface area contributed by atoms with Gasteiger partial charge in [-0.15, -0.1) is 0 Å². The lowest BCUT2D eigenvalue weighted by Crippen LogP contribution is -2.26. The van der Waals surface area contributed by atoms with E-state index >= 15 is 0 Å². The summed E-state index contributed by atoms with van der Waals surface area (Å²) >= 11 is 0. The van der Waals surface area contributed by atoms with E-state index in [1.807, 2.05) is 19.1 Å². The van der Waals surface area contributed by atoms with Crippen molar-refractivity contribution in [3.05, 3.63) is 29.8 Å². The van der Waals surface area contributed by atoms with Crippen molar-refractivity contribution in [1.29, 1.82) is 0 Å². The highest BCUT2D eigenvalue weighted by atomic mass is 16.5. The van der Waals surface area contributed by atoms with Crippen molar-refractivity contribution in [1.82, 2.24) is 0 Å². The van der Waals surface area contributed by atoms with Gasteiger partial charge in [0, 0.05) is 0 Å². The molecule has 1 fully saturated rings. The smallest absolute Gasteiger partial charge is 0.119 e. The molecule has 1 aliphatic carbocycles. The van der Waals surface area contributed by atoms with Gasteiger partial charge in [-0.2, -0.15) is 0 Å². The molecule has 2 rings (SSSR count). The monoisotopic (exact) mass is 192 g/mol. The van der Waals surface area contributed by atoms with E-state index in [0.29, 0.717) is 12.5 Å². The first kappa shape index (κ1) is 9.53. The van der Waals surface area contributed by atoms with Crippen LogP contribution in [0, 0.1) is 0 Å². The van der Waals surface area contributed by atoms with Gasteiger partial charge in [-0.3, -0.25) is 0 Å². The van der Waals surface area contributed by atoms with Crippen LogP contribution in [0.5, 0.6) is 5.75 Å². The molecule has 14 heavy (non-hydrogen) atoms. The minimum absolute atomic E-state index is 0.0773. The Kier molecular flexibility index (Phi) is 2.73. The van der Waals surface area contributed by atoms with Crippen LogP contribution in [0.15, 0.2) is 24.3 Å². The predicted molar refractivity (Wildman–Crippen MR) is 55.6 cm³/mol. The maximum atomic E-state index is 9.19. The molecule has 1 aromatic carbocycles. The zero-order chi connectivity index (χ0) is 9.97. The molecule has 1 N–H and O–H groups in total. The van der Waals surface area contributed by atoms with Crippen molar-refractivity contribution >= 4 is 0 Å². The van der Waals surface area contributed by atoms with Gasteiger partial charge in [-0.1, -0.05) is 12.1 Å². The molecular weight excluding hydrogens is 176 g/mol. The van der Waals surface area contributed by atoms with Gasteiger partial charge in [0.2, 0.25) is 0 Å². The van der Waals surface area contributed by atoms with Crippen LogP contribution in [0.3, 0.4) is 0 Å². The highest BCUT2D eigenvalue weighted by Crippen LogP contribution is 2.37. The third-order valence-electron chi connectivity index (χ3n) is 2.78. The second-order valence-corrected chi connectivity index (χ2v) is 3.82. The van der Waals surface area contributed by atoms with E-state index in [4.69, 9.17) is 4.74 Å². The van der Waals surface area contributed by atoms with Gasteiger partial charge in [0.15, 0.2) is 0 Å². The van der Waals surface area contributed by atoms with Crippen molar-refractivity contribution < 1.29 is 9.84 Å². The summed E-state index contributed by atoms with van der Waals surface area (Å²) in [6.45, 7) is 2.69. The number of hydrogen-bond acceptors (Lipinski definition) is 2. The molecule has 1 saturated carbocycles. The van der Waals surface area contributed by atoms with Crippen LogP contribution >= 0.6 is 0 Å². The molecule has 2 nitrogen and oxygen atoms in total. The highest BCUT2D eigenvalue weighted by molar-refractivity contribution is 5.30. The summed E-state index contributed by atoms with van der Waals surface area (Å²) in [5.41, 5.74) is 1.32. The second kappa shape index (κ2) is 4.01. The number of aliphatic hydroxyl groups is 1. The zero-order valence-corrected chi connectivity index (χ0v) is 8.44. The molecule has 1 aliphatic rings. The van der Waals surface area contributed by atoms with Crippen molar-refractivity contribution in [2.24, 2.45) is 0 Å². The molecule has 0 atom stereocenters. The Hall–Kier alpha value is -1.02. The summed E-state index contributed by atoms with van der Waals surface area (Å²) in [4.78, 5) is 0. The maximum Gasteiger partial charge on any atom is 0.119 e. The topological polar surface area (TPSA) is 29.5 Å². The van der Waals surface area contributed by atoms with E-state index in [9.17, 15) is 5.11 Å². The van der Waals surface area contributed by atoms with Gasteiger partial charge in [-0.25, -0.2) is 0 Å². The number of rotatable bonds is 3. The van der Waals surface area contributed by atoms with Crippen LogP contribution in [0.2, 0.25) is 0 Å². The lowest BCUT2D eigenvalue weighted by atomic mass is 9.78. The molecule has 0 saturated heterocycles. The average molecular weight is 192 g/mol. The number of benzene rings is 1. The summed E-state index contributed by atoms with van der Waals surface area (Å²) in [5, 5.41) is 9.19. The number of hydrogen-bond donors (Lipinski definition) is 1. The molecule has 0 radical (unpaired) electrons. The van der Waals surface area contributed by atoms with Crippen LogP contribution in [-0.4, -0.2) is 17.8 Å². The number of ether oxygens (including phenoxy) is 1. The Morgan fingerprint density at radius 2 is 1.93 bits per heavy atom. The third-order valence-corrected chi connectivity index (χ3v) is 2.78. The maximum absolute atomic E-state index is 9.19. The lowest BCUT2D eigenvalue weighted by molar-refractivity contribution is 0.0746. The van der Waals surface area contributed by atoms with E-state index in [0.717, 1.165) is 18.6 Å². The largest absolute Gasteiger partial charge is 0.494 e. The Labute approximate surface area is 84.5 Å². The fraction of sp³-hybridized carbons (Fsp3) is 0.500. The quantitative estimate of drug-likeness (QED) is 0.796. The van der Waals surface area contributed by atoms with Crippen molar-refractivity contribution in [3.8, 4) is 5.75 Å². The van der Waals surface area contributed by atoms with Crippen molar-refractivity contribution in [2.75, 3.05) is 6.61 Å². The fourth-order valence-electron chi connectivity index (χ4n) is 1.86. The normalized spacial score (nSPS) is 25.6. The zero-order valence-electron chi connectivity index (χ0n) is 8.44. The Morgan fingerprint density at radius 1 is 1.29 bits per heavy atom. The predicted octanol–water partition coefficient (Wildman–Crippen LogP) is 2.32. The first-order chi connectivity index (χ1) is 6.79. The summed E-state index contributed by atoms with van der Waals surface area (Å²) in [7, 11) is 0. The Balaban J connectivity index is 1.99. The van der Waals surface area contributed by atoms with Gasteiger partial charge < -0.3 is 9.84 Å². The first-order valence-corrected chi connectivity index (χ1v) is 5.20. The minimum Gasteiger partial charge on any atom is -0.494 e. The van der Waals surface area contributed by atoms with Gasteiger partial charge >= 0.3 is 0 Å². The summed E-state index contributed by atoms with van der Waals surface area (Å²) in [6.07, 6.45) is 1.74. The third kappa shape index (κ3) is 1.90. The van der Waals surface area contributed by atoms with E-state index in [1.54, 1.807) is 0 Å². The fourth-order valence-corrected chi connectivity index (χ4v) is 1.86. The van der Waals surface area contributed by atoms with Crippen LogP contribution in [0.1, 0.15) is 31.2 Å². The van der Waals surface area contributed by atoms with Gasteiger partial charge in [0.25, 0.3) is 0 Å². The molecule has 0 heterocycles. The van der Waals surface area contributed by atoms with E-state index in [1.165, 1.54) is 5.56 Å². The van der Waals surface area contributed by atoms with Crippen LogP contribution in [0.4, 0.5) is 0 Å². The molecule has 1 aromatic rings. The standard InChI is InChI=1S/C12H16O2/c1-2-14-12-5-3-9(4-6-12)10-7-11(13)8-10/h3-6,10-11,13H,2,7-8H2,1H3. The molecule has 0 spiro atoms. The molecule has 0 unspecified atom stereocenters. The van der Waals surface area contributed by atoms with E-state index in [2.05, 4.69) is 12.1 Å². The SMILES string of the molecule is CCOc1ccc(C2CC(O)C2)cc1. The van der Waals surface area contributed by atoms with Gasteiger partial charge in [-0.05, 0) is 43.4 Å². The summed E-state index contributed by atoms with van der Waals surface area (Å²) in [6, 6.07) is 8.20. The molecular formula is C12H16O2. The summed E-state index contributed by atoms with van der Waals surface area (Å²) in [5.74, 6) is 1.48. The van der Waals surface area contributed by atoms with Crippen LogP contribution in [-0.2, 0) is 0 Å². The van der Waals surface area contributed by atoms with Crippen LogP contribution < -0.4 is 4.74 Å². The molecule has 0 amide bonds. The van der Waals surface area contributed by atoms with Crippen molar-refractivity contribution in [3.63, 3.8) is 0 Å². The average Bonchev–Trinajstić information content (AvgIpc) is 2.15. The molecule has 0 bridgehead atoms. The lowest BCUT2D eigenvalue weighted by Gasteiger charge is -2.31. The molecule has 0 aliphatic heterocycles. The summed E-state index contributed by atoms with van der Waals surface area (Å²) < 4.78 is 5.36. The number of aliphatic hydroxyl groups excluding tert-OH is 1. The van der Waals surface area contributed by atoms with Crippen LogP contribution in [0.25, 0.3) is 0 Å². The van der Waals surface area contributed by atoms with E-state index < -0.39 is 0 Å². The Bertz CT molecular complexity index is 286. The second-order valence-electron chi connectivity index (χ2n) is 3.82. The van der Waals surface area contributed by atoms with E-state index in [-0.39, 0.29) is 6.10 Å². The first-order valence-electron chi connectivity index (χ1n) is 5.20. The Morgan fingerprint density at radius 3 is 2.43 bits per heavy atom. The van der Waals surface area contributed by atoms with Crippen molar-refractivity contribution in [2.45, 2.75) is 31.8 Å². The molecule has 0 aromatic heterocycles. The van der Waals surface area contributed by atoms with Gasteiger partial charge in [0.05, 0.1) is 12.7 Å². The molecule has 2 heteroatoms. The minimum atomic E-state index is -0.0773.